The van der Waals surface area contributed by atoms with Crippen molar-refractivity contribution in [1.82, 2.24) is 5.32 Å². The van der Waals surface area contributed by atoms with Crippen LogP contribution >= 0.6 is 0 Å². The predicted octanol–water partition coefficient (Wildman–Crippen LogP) is 3.19. The van der Waals surface area contributed by atoms with Crippen molar-refractivity contribution in [2.45, 2.75) is 58.4 Å². The number of hydrogen-bond acceptors (Lipinski definition) is 2. The molecule has 1 amide bonds. The molecular weight excluding hydrogens is 290 g/mol. The van der Waals surface area contributed by atoms with Crippen LogP contribution in [0.2, 0.25) is 0 Å². The third-order valence-electron chi connectivity index (χ3n) is 5.14. The summed E-state index contributed by atoms with van der Waals surface area (Å²) in [4.78, 5) is 23.5. The quantitative estimate of drug-likeness (QED) is 0.847. The van der Waals surface area contributed by atoms with Gasteiger partial charge in [0.05, 0.1) is 6.42 Å². The molecule has 0 heterocycles. The molecular formula is C19H27NO3. The van der Waals surface area contributed by atoms with Crippen LogP contribution in [0, 0.1) is 11.8 Å². The second-order valence-electron chi connectivity index (χ2n) is 7.27. The molecule has 0 aromatic heterocycles. The van der Waals surface area contributed by atoms with E-state index in [1.165, 1.54) is 11.1 Å². The smallest absolute Gasteiger partial charge is 0.305 e. The van der Waals surface area contributed by atoms with Gasteiger partial charge in [0.15, 0.2) is 0 Å². The lowest BCUT2D eigenvalue weighted by Gasteiger charge is -2.34. The molecule has 0 saturated carbocycles. The van der Waals surface area contributed by atoms with Gasteiger partial charge in [0.1, 0.15) is 0 Å². The zero-order chi connectivity index (χ0) is 17.0. The minimum atomic E-state index is -0.881. The number of nitrogens with one attached hydrogen (secondary N) is 1. The summed E-state index contributed by atoms with van der Waals surface area (Å²) in [6, 6.07) is 8.41. The molecule has 4 heteroatoms. The largest absolute Gasteiger partial charge is 0.481 e. The van der Waals surface area contributed by atoms with Crippen LogP contribution in [-0.4, -0.2) is 22.5 Å². The standard InChI is InChI=1S/C19H27NO3/c1-13(2)19(3,12-18(22)23)20-17(21)11-14-8-9-15-6-4-5-7-16(15)10-14/h4-7,13-14H,8-12H2,1-3H3,(H,20,21)(H,22,23). The molecule has 23 heavy (non-hydrogen) atoms. The maximum atomic E-state index is 12.4. The van der Waals surface area contributed by atoms with E-state index in [1.54, 1.807) is 0 Å². The number of benzene rings is 1. The van der Waals surface area contributed by atoms with E-state index in [4.69, 9.17) is 5.11 Å². The van der Waals surface area contributed by atoms with Crippen LogP contribution in [0.5, 0.6) is 0 Å². The fourth-order valence-electron chi connectivity index (χ4n) is 3.29. The first-order chi connectivity index (χ1) is 10.8. The second kappa shape index (κ2) is 7.16. The summed E-state index contributed by atoms with van der Waals surface area (Å²) in [5.41, 5.74) is 2.03. The number of aliphatic carboxylic acids is 1. The van der Waals surface area contributed by atoms with Crippen molar-refractivity contribution in [2.75, 3.05) is 0 Å². The van der Waals surface area contributed by atoms with Crippen molar-refractivity contribution in [3.63, 3.8) is 0 Å². The van der Waals surface area contributed by atoms with Gasteiger partial charge in [-0.25, -0.2) is 0 Å². The van der Waals surface area contributed by atoms with Gasteiger partial charge in [0.25, 0.3) is 0 Å². The zero-order valence-corrected chi connectivity index (χ0v) is 14.3. The SMILES string of the molecule is CC(C)C(C)(CC(=O)O)NC(=O)CC1CCc2ccccc2C1. The molecule has 4 nitrogen and oxygen atoms in total. The van der Waals surface area contributed by atoms with Crippen LogP contribution in [0.4, 0.5) is 0 Å². The highest BCUT2D eigenvalue weighted by Crippen LogP contribution is 2.28. The third kappa shape index (κ3) is 4.57. The average molecular weight is 317 g/mol. The maximum absolute atomic E-state index is 12.4. The number of rotatable bonds is 6. The van der Waals surface area contributed by atoms with Gasteiger partial charge in [0, 0.05) is 12.0 Å². The van der Waals surface area contributed by atoms with Crippen molar-refractivity contribution >= 4 is 11.9 Å². The van der Waals surface area contributed by atoms with Crippen molar-refractivity contribution in [3.05, 3.63) is 35.4 Å². The minimum absolute atomic E-state index is 0.0353. The molecule has 2 N–H and O–H groups in total. The Hall–Kier alpha value is -1.84. The van der Waals surface area contributed by atoms with E-state index in [9.17, 15) is 9.59 Å². The molecule has 0 bridgehead atoms. The highest BCUT2D eigenvalue weighted by atomic mass is 16.4. The Bertz CT molecular complexity index is 582. The molecule has 0 aliphatic heterocycles. The lowest BCUT2D eigenvalue weighted by Crippen LogP contribution is -2.51. The lowest BCUT2D eigenvalue weighted by molar-refractivity contribution is -0.139. The molecule has 0 fully saturated rings. The van der Waals surface area contributed by atoms with Gasteiger partial charge in [0.2, 0.25) is 5.91 Å². The van der Waals surface area contributed by atoms with Crippen LogP contribution < -0.4 is 5.32 Å². The van der Waals surface area contributed by atoms with E-state index >= 15 is 0 Å². The second-order valence-corrected chi connectivity index (χ2v) is 7.27. The summed E-state index contributed by atoms with van der Waals surface area (Å²) >= 11 is 0. The first-order valence-corrected chi connectivity index (χ1v) is 8.40. The molecule has 0 saturated heterocycles. The Kier molecular flexibility index (Phi) is 5.45. The lowest BCUT2D eigenvalue weighted by atomic mass is 9.81. The Morgan fingerprint density at radius 2 is 1.96 bits per heavy atom. The Labute approximate surface area is 138 Å². The fourth-order valence-corrected chi connectivity index (χ4v) is 3.29. The third-order valence-corrected chi connectivity index (χ3v) is 5.14. The number of amides is 1. The van der Waals surface area contributed by atoms with Crippen molar-refractivity contribution < 1.29 is 14.7 Å². The van der Waals surface area contributed by atoms with E-state index < -0.39 is 11.5 Å². The molecule has 0 spiro atoms. The summed E-state index contributed by atoms with van der Waals surface area (Å²) in [7, 11) is 0. The van der Waals surface area contributed by atoms with E-state index in [-0.39, 0.29) is 18.2 Å². The number of aryl methyl sites for hydroxylation is 1. The number of carboxylic acid groups (broad SMARTS) is 1. The van der Waals surface area contributed by atoms with Gasteiger partial charge in [-0.2, -0.15) is 0 Å². The van der Waals surface area contributed by atoms with Gasteiger partial charge in [-0.3, -0.25) is 9.59 Å². The van der Waals surface area contributed by atoms with E-state index in [1.807, 2.05) is 26.8 Å². The number of hydrogen-bond donors (Lipinski definition) is 2. The van der Waals surface area contributed by atoms with Crippen LogP contribution in [-0.2, 0) is 22.4 Å². The van der Waals surface area contributed by atoms with E-state index in [0.29, 0.717) is 12.3 Å². The van der Waals surface area contributed by atoms with Crippen LogP contribution in [0.15, 0.2) is 24.3 Å². The number of carboxylic acids is 1. The van der Waals surface area contributed by atoms with Crippen molar-refractivity contribution in [3.8, 4) is 0 Å². The van der Waals surface area contributed by atoms with Gasteiger partial charge in [-0.1, -0.05) is 38.1 Å². The topological polar surface area (TPSA) is 66.4 Å². The predicted molar refractivity (Wildman–Crippen MR) is 90.2 cm³/mol. The van der Waals surface area contributed by atoms with Gasteiger partial charge in [-0.05, 0) is 49.1 Å². The molecule has 1 aliphatic carbocycles. The molecule has 2 atom stereocenters. The molecule has 0 radical (unpaired) electrons. The first kappa shape index (κ1) is 17.5. The summed E-state index contributed by atoms with van der Waals surface area (Å²) in [6.07, 6.45) is 3.38. The monoisotopic (exact) mass is 317 g/mol. The van der Waals surface area contributed by atoms with Crippen LogP contribution in [0.25, 0.3) is 0 Å². The highest BCUT2D eigenvalue weighted by molar-refractivity contribution is 5.78. The van der Waals surface area contributed by atoms with Gasteiger partial charge >= 0.3 is 5.97 Å². The van der Waals surface area contributed by atoms with Crippen LogP contribution in [0.3, 0.4) is 0 Å². The molecule has 1 aromatic rings. The van der Waals surface area contributed by atoms with Gasteiger partial charge in [-0.15, -0.1) is 0 Å². The van der Waals surface area contributed by atoms with Gasteiger partial charge < -0.3 is 10.4 Å². The zero-order valence-electron chi connectivity index (χ0n) is 14.3. The highest BCUT2D eigenvalue weighted by Gasteiger charge is 2.33. The minimum Gasteiger partial charge on any atom is -0.481 e. The average Bonchev–Trinajstić information content (AvgIpc) is 2.45. The Morgan fingerprint density at radius 3 is 2.57 bits per heavy atom. The van der Waals surface area contributed by atoms with E-state index in [2.05, 4.69) is 23.5 Å². The molecule has 1 aliphatic rings. The maximum Gasteiger partial charge on any atom is 0.305 e. The summed E-state index contributed by atoms with van der Waals surface area (Å²) in [5, 5.41) is 12.1. The van der Waals surface area contributed by atoms with Crippen LogP contribution in [0.1, 0.15) is 51.2 Å². The Morgan fingerprint density at radius 1 is 1.30 bits per heavy atom. The normalized spacial score (nSPS) is 19.7. The summed E-state index contributed by atoms with van der Waals surface area (Å²) in [6.45, 7) is 5.71. The molecule has 126 valence electrons. The first-order valence-electron chi connectivity index (χ1n) is 8.40. The van der Waals surface area contributed by atoms with Crippen molar-refractivity contribution in [1.29, 1.82) is 0 Å². The Balaban J connectivity index is 1.96. The van der Waals surface area contributed by atoms with E-state index in [0.717, 1.165) is 19.3 Å². The summed E-state index contributed by atoms with van der Waals surface area (Å²) in [5.74, 6) is -0.513. The fraction of sp³-hybridized carbons (Fsp3) is 0.579. The molecule has 1 aromatic carbocycles. The van der Waals surface area contributed by atoms with Crippen molar-refractivity contribution in [2.24, 2.45) is 11.8 Å². The molecule has 2 rings (SSSR count). The number of fused-ring (bicyclic) bond motifs is 1. The summed E-state index contributed by atoms with van der Waals surface area (Å²) < 4.78 is 0. The number of carbonyl (C=O) groups is 2. The number of carbonyl (C=O) groups excluding carboxylic acids is 1. The molecule has 2 unspecified atom stereocenters.